The van der Waals surface area contributed by atoms with Crippen LogP contribution in [0.4, 0.5) is 5.69 Å². The highest BCUT2D eigenvalue weighted by Gasteiger charge is 2.06. The van der Waals surface area contributed by atoms with Gasteiger partial charge >= 0.3 is 0 Å². The Morgan fingerprint density at radius 1 is 1.10 bits per heavy atom. The van der Waals surface area contributed by atoms with Crippen LogP contribution in [-0.2, 0) is 17.9 Å². The molecule has 0 aliphatic rings. The van der Waals surface area contributed by atoms with Crippen molar-refractivity contribution in [2.45, 2.75) is 33.9 Å². The molecule has 1 aromatic carbocycles. The van der Waals surface area contributed by atoms with Gasteiger partial charge in [0.25, 0.3) is 0 Å². The molecule has 0 radical (unpaired) electrons. The van der Waals surface area contributed by atoms with Crippen LogP contribution in [-0.4, -0.2) is 5.91 Å². The van der Waals surface area contributed by atoms with Crippen molar-refractivity contribution in [3.8, 4) is 0 Å². The Labute approximate surface area is 125 Å². The molecule has 0 bridgehead atoms. The highest BCUT2D eigenvalue weighted by atomic mass is 16.3. The molecular weight excluding hydrogens is 264 g/mol. The number of anilines is 1. The van der Waals surface area contributed by atoms with Crippen molar-refractivity contribution in [1.29, 1.82) is 0 Å². The lowest BCUT2D eigenvalue weighted by atomic mass is 10.1. The summed E-state index contributed by atoms with van der Waals surface area (Å²) in [5.74, 6) is 1.89. The van der Waals surface area contributed by atoms with Gasteiger partial charge in [0.2, 0.25) is 5.91 Å². The van der Waals surface area contributed by atoms with E-state index < -0.39 is 0 Å². The largest absolute Gasteiger partial charge is 0.465 e. The van der Waals surface area contributed by atoms with Gasteiger partial charge in [-0.1, -0.05) is 26.0 Å². The quantitative estimate of drug-likeness (QED) is 0.855. The number of amides is 1. The molecule has 0 fully saturated rings. The third kappa shape index (κ3) is 4.76. The number of hydrogen-bond donors (Lipinski definition) is 2. The Balaban J connectivity index is 1.80. The van der Waals surface area contributed by atoms with Gasteiger partial charge in [-0.25, -0.2) is 0 Å². The Morgan fingerprint density at radius 2 is 1.81 bits per heavy atom. The maximum absolute atomic E-state index is 11.6. The highest BCUT2D eigenvalue weighted by molar-refractivity contribution is 5.91. The Kier molecular flexibility index (Phi) is 5.17. The molecule has 0 saturated heterocycles. The van der Waals surface area contributed by atoms with Crippen molar-refractivity contribution in [3.05, 3.63) is 53.5 Å². The number of hydrogen-bond acceptors (Lipinski definition) is 3. The summed E-state index contributed by atoms with van der Waals surface area (Å²) in [6, 6.07) is 11.8. The number of carbonyl (C=O) groups is 1. The van der Waals surface area contributed by atoms with E-state index in [-0.39, 0.29) is 11.8 Å². The van der Waals surface area contributed by atoms with Gasteiger partial charge in [-0.3, -0.25) is 4.79 Å². The third-order valence-corrected chi connectivity index (χ3v) is 3.17. The molecule has 21 heavy (non-hydrogen) atoms. The predicted octanol–water partition coefficient (Wildman–Crippen LogP) is 3.47. The summed E-state index contributed by atoms with van der Waals surface area (Å²) in [6.07, 6.45) is 0. The van der Waals surface area contributed by atoms with Gasteiger partial charge in [-0.05, 0) is 36.8 Å². The van der Waals surface area contributed by atoms with E-state index in [0.29, 0.717) is 6.54 Å². The monoisotopic (exact) mass is 286 g/mol. The van der Waals surface area contributed by atoms with Gasteiger partial charge in [0.1, 0.15) is 11.5 Å². The number of rotatable bonds is 6. The molecule has 1 amide bonds. The molecule has 112 valence electrons. The maximum Gasteiger partial charge on any atom is 0.226 e. The van der Waals surface area contributed by atoms with E-state index in [1.165, 1.54) is 5.56 Å². The van der Waals surface area contributed by atoms with Crippen molar-refractivity contribution in [3.63, 3.8) is 0 Å². The molecule has 4 nitrogen and oxygen atoms in total. The maximum atomic E-state index is 11.6. The normalized spacial score (nSPS) is 10.9. The van der Waals surface area contributed by atoms with Crippen LogP contribution < -0.4 is 10.6 Å². The smallest absolute Gasteiger partial charge is 0.226 e. The molecule has 0 spiro atoms. The van der Waals surface area contributed by atoms with E-state index in [4.69, 9.17) is 4.42 Å². The molecular formula is C17H22N2O2. The summed E-state index contributed by atoms with van der Waals surface area (Å²) >= 11 is 0. The van der Waals surface area contributed by atoms with Crippen LogP contribution in [0.15, 0.2) is 40.8 Å². The molecule has 4 heteroatoms. The minimum atomic E-state index is -0.0110. The van der Waals surface area contributed by atoms with E-state index in [1.54, 1.807) is 0 Å². The molecule has 2 N–H and O–H groups in total. The van der Waals surface area contributed by atoms with Crippen LogP contribution in [0.3, 0.4) is 0 Å². The molecule has 0 unspecified atom stereocenters. The molecule has 1 aromatic heterocycles. The van der Waals surface area contributed by atoms with Crippen molar-refractivity contribution < 1.29 is 9.21 Å². The molecule has 0 aliphatic carbocycles. The van der Waals surface area contributed by atoms with Crippen molar-refractivity contribution in [2.75, 3.05) is 5.32 Å². The highest BCUT2D eigenvalue weighted by Crippen LogP contribution is 2.11. The number of benzene rings is 1. The van der Waals surface area contributed by atoms with Crippen LogP contribution in [0.2, 0.25) is 0 Å². The number of nitrogens with one attached hydrogen (secondary N) is 2. The Bertz CT molecular complexity index is 585. The fraction of sp³-hybridized carbons (Fsp3) is 0.353. The van der Waals surface area contributed by atoms with Crippen LogP contribution >= 0.6 is 0 Å². The van der Waals surface area contributed by atoms with E-state index in [0.717, 1.165) is 23.8 Å². The minimum Gasteiger partial charge on any atom is -0.465 e. The fourth-order valence-corrected chi connectivity index (χ4v) is 1.90. The fourth-order valence-electron chi connectivity index (χ4n) is 1.90. The topological polar surface area (TPSA) is 54.3 Å². The summed E-state index contributed by atoms with van der Waals surface area (Å²) in [6.45, 7) is 7.17. The Hall–Kier alpha value is -2.07. The molecule has 0 saturated carbocycles. The van der Waals surface area contributed by atoms with Gasteiger partial charge < -0.3 is 15.1 Å². The number of aryl methyl sites for hydroxylation is 1. The van der Waals surface area contributed by atoms with Gasteiger partial charge in [0, 0.05) is 18.2 Å². The molecule has 0 aliphatic heterocycles. The summed E-state index contributed by atoms with van der Waals surface area (Å²) in [5.41, 5.74) is 2.00. The van der Waals surface area contributed by atoms with Gasteiger partial charge in [0.05, 0.1) is 6.54 Å². The standard InChI is InChI=1S/C17H22N2O2/c1-12(2)17(20)19-15-7-5-14(6-8-15)10-18-11-16-9-4-13(3)21-16/h4-9,12,18H,10-11H2,1-3H3,(H,19,20). The zero-order valence-corrected chi connectivity index (χ0v) is 12.8. The average Bonchev–Trinajstić information content (AvgIpc) is 2.86. The second kappa shape index (κ2) is 7.09. The summed E-state index contributed by atoms with van der Waals surface area (Å²) in [4.78, 5) is 11.6. The van der Waals surface area contributed by atoms with Gasteiger partial charge in [-0.2, -0.15) is 0 Å². The average molecular weight is 286 g/mol. The summed E-state index contributed by atoms with van der Waals surface area (Å²) in [7, 11) is 0. The first-order valence-corrected chi connectivity index (χ1v) is 7.20. The first kappa shape index (κ1) is 15.3. The van der Waals surface area contributed by atoms with Crippen molar-refractivity contribution >= 4 is 11.6 Å². The molecule has 2 rings (SSSR count). The van der Waals surface area contributed by atoms with Crippen LogP contribution in [0.5, 0.6) is 0 Å². The third-order valence-electron chi connectivity index (χ3n) is 3.17. The van der Waals surface area contributed by atoms with Crippen molar-refractivity contribution in [1.82, 2.24) is 5.32 Å². The lowest BCUT2D eigenvalue weighted by Crippen LogP contribution is -2.17. The zero-order valence-electron chi connectivity index (χ0n) is 12.8. The molecule has 1 heterocycles. The van der Waals surface area contributed by atoms with Crippen LogP contribution in [0.25, 0.3) is 0 Å². The van der Waals surface area contributed by atoms with Gasteiger partial charge in [0.15, 0.2) is 0 Å². The Morgan fingerprint density at radius 3 is 2.38 bits per heavy atom. The van der Waals surface area contributed by atoms with Crippen LogP contribution in [0.1, 0.15) is 30.9 Å². The summed E-state index contributed by atoms with van der Waals surface area (Å²) < 4.78 is 5.50. The van der Waals surface area contributed by atoms with E-state index in [2.05, 4.69) is 10.6 Å². The lowest BCUT2D eigenvalue weighted by Gasteiger charge is -2.09. The van der Waals surface area contributed by atoms with E-state index >= 15 is 0 Å². The van der Waals surface area contributed by atoms with Crippen molar-refractivity contribution in [2.24, 2.45) is 5.92 Å². The second-order valence-corrected chi connectivity index (χ2v) is 5.46. The SMILES string of the molecule is Cc1ccc(CNCc2ccc(NC(=O)C(C)C)cc2)o1. The van der Waals surface area contributed by atoms with Crippen LogP contribution in [0, 0.1) is 12.8 Å². The minimum absolute atomic E-state index is 0.0110. The van der Waals surface area contributed by atoms with E-state index in [9.17, 15) is 4.79 Å². The van der Waals surface area contributed by atoms with Gasteiger partial charge in [-0.15, -0.1) is 0 Å². The first-order chi connectivity index (χ1) is 10.0. The number of furan rings is 1. The predicted molar refractivity (Wildman–Crippen MR) is 83.9 cm³/mol. The first-order valence-electron chi connectivity index (χ1n) is 7.20. The van der Waals surface area contributed by atoms with E-state index in [1.807, 2.05) is 57.2 Å². The molecule has 0 atom stereocenters. The zero-order chi connectivity index (χ0) is 15.2. The number of carbonyl (C=O) groups excluding carboxylic acids is 1. The lowest BCUT2D eigenvalue weighted by molar-refractivity contribution is -0.118. The summed E-state index contributed by atoms with van der Waals surface area (Å²) in [5, 5.41) is 6.21. The second-order valence-electron chi connectivity index (χ2n) is 5.46. The molecule has 2 aromatic rings.